The molecule has 0 unspecified atom stereocenters. The summed E-state index contributed by atoms with van der Waals surface area (Å²) in [7, 11) is 2.20. The van der Waals surface area contributed by atoms with E-state index in [2.05, 4.69) is 28.4 Å². The van der Waals surface area contributed by atoms with Gasteiger partial charge in [-0.2, -0.15) is 0 Å². The molecule has 3 nitrogen and oxygen atoms in total. The summed E-state index contributed by atoms with van der Waals surface area (Å²) in [6.45, 7) is 4.43. The van der Waals surface area contributed by atoms with Crippen LogP contribution in [-0.4, -0.2) is 34.6 Å². The zero-order valence-electron chi connectivity index (χ0n) is 11.6. The number of nitrogens with zero attached hydrogens (tertiary/aromatic N) is 3. The topological polar surface area (TPSA) is 21.1 Å². The van der Waals surface area contributed by atoms with Crippen molar-refractivity contribution in [1.29, 1.82) is 0 Å². The lowest BCUT2D eigenvalue weighted by Gasteiger charge is -2.19. The Hall–Kier alpha value is -1.06. The van der Waals surface area contributed by atoms with Crippen LogP contribution in [-0.2, 0) is 0 Å². The number of fused-ring (bicyclic) bond motifs is 1. The fourth-order valence-corrected chi connectivity index (χ4v) is 3.41. The van der Waals surface area contributed by atoms with Gasteiger partial charge in [0.1, 0.15) is 5.82 Å². The molecule has 1 aliphatic heterocycles. The van der Waals surface area contributed by atoms with Crippen LogP contribution in [0, 0.1) is 6.92 Å². The number of aromatic nitrogens is 2. The minimum atomic E-state index is 0.523. The lowest BCUT2D eigenvalue weighted by molar-refractivity contribution is 0.341. The van der Waals surface area contributed by atoms with E-state index in [1.54, 1.807) is 0 Å². The molecule has 0 spiro atoms. The lowest BCUT2D eigenvalue weighted by atomic mass is 10.1. The molecule has 4 heteroatoms. The molecule has 19 heavy (non-hydrogen) atoms. The predicted octanol–water partition coefficient (Wildman–Crippen LogP) is 3.65. The van der Waals surface area contributed by atoms with Gasteiger partial charge in [0.2, 0.25) is 0 Å². The first-order chi connectivity index (χ1) is 9.16. The molecule has 2 aromatic rings. The van der Waals surface area contributed by atoms with Crippen molar-refractivity contribution in [3.63, 3.8) is 0 Å². The highest BCUT2D eigenvalue weighted by atomic mass is 35.5. The van der Waals surface area contributed by atoms with Crippen LogP contribution < -0.4 is 0 Å². The van der Waals surface area contributed by atoms with E-state index < -0.39 is 0 Å². The van der Waals surface area contributed by atoms with Crippen LogP contribution in [0.1, 0.15) is 31.1 Å². The third-order valence-electron chi connectivity index (χ3n) is 4.12. The number of imidazole rings is 1. The molecule has 1 fully saturated rings. The Morgan fingerprint density at radius 1 is 1.26 bits per heavy atom. The fraction of sp³-hybridized carbons (Fsp3) is 0.533. The van der Waals surface area contributed by atoms with Gasteiger partial charge in [0.15, 0.2) is 0 Å². The second-order valence-corrected chi connectivity index (χ2v) is 5.93. The summed E-state index contributed by atoms with van der Waals surface area (Å²) in [6.07, 6.45) is 3.63. The Morgan fingerprint density at radius 3 is 2.95 bits per heavy atom. The maximum atomic E-state index is 6.39. The number of benzene rings is 1. The van der Waals surface area contributed by atoms with Crippen molar-refractivity contribution in [3.05, 3.63) is 29.0 Å². The molecule has 0 radical (unpaired) electrons. The minimum absolute atomic E-state index is 0.523. The monoisotopic (exact) mass is 277 g/mol. The smallest absolute Gasteiger partial charge is 0.107 e. The Morgan fingerprint density at radius 2 is 2.11 bits per heavy atom. The molecule has 0 saturated carbocycles. The third kappa shape index (κ3) is 2.37. The van der Waals surface area contributed by atoms with Crippen LogP contribution in [0.15, 0.2) is 18.2 Å². The van der Waals surface area contributed by atoms with E-state index in [4.69, 9.17) is 11.6 Å². The van der Waals surface area contributed by atoms with Gasteiger partial charge < -0.3 is 9.47 Å². The standard InChI is InChI=1S/C15H20ClN3/c1-11-17-14-7-3-6-13(16)15(14)19(11)12-5-4-9-18(2)10-8-12/h3,6-7,12H,4-5,8-10H2,1-2H3/t12-/m0/s1. The van der Waals surface area contributed by atoms with E-state index in [1.807, 2.05) is 18.2 Å². The van der Waals surface area contributed by atoms with Crippen molar-refractivity contribution >= 4 is 22.6 Å². The van der Waals surface area contributed by atoms with E-state index in [0.29, 0.717) is 6.04 Å². The molecule has 1 aromatic heterocycles. The predicted molar refractivity (Wildman–Crippen MR) is 79.9 cm³/mol. The van der Waals surface area contributed by atoms with Gasteiger partial charge in [-0.1, -0.05) is 17.7 Å². The highest BCUT2D eigenvalue weighted by Gasteiger charge is 2.21. The summed E-state index contributed by atoms with van der Waals surface area (Å²) in [5.41, 5.74) is 2.12. The quantitative estimate of drug-likeness (QED) is 0.793. The van der Waals surface area contributed by atoms with E-state index >= 15 is 0 Å². The maximum absolute atomic E-state index is 6.39. The van der Waals surface area contributed by atoms with Gasteiger partial charge >= 0.3 is 0 Å². The molecule has 0 aliphatic carbocycles. The van der Waals surface area contributed by atoms with Crippen LogP contribution in [0.5, 0.6) is 0 Å². The molecule has 0 bridgehead atoms. The maximum Gasteiger partial charge on any atom is 0.107 e. The van der Waals surface area contributed by atoms with Crippen LogP contribution in [0.25, 0.3) is 11.0 Å². The van der Waals surface area contributed by atoms with Gasteiger partial charge in [0.05, 0.1) is 16.1 Å². The Kier molecular flexibility index (Phi) is 3.50. The molecular formula is C15H20ClN3. The van der Waals surface area contributed by atoms with E-state index in [0.717, 1.165) is 28.4 Å². The first-order valence-electron chi connectivity index (χ1n) is 6.98. The van der Waals surface area contributed by atoms with E-state index in [-0.39, 0.29) is 0 Å². The normalized spacial score (nSPS) is 21.7. The van der Waals surface area contributed by atoms with E-state index in [9.17, 15) is 0 Å². The second-order valence-electron chi connectivity index (χ2n) is 5.52. The van der Waals surface area contributed by atoms with Crippen LogP contribution in [0.2, 0.25) is 5.02 Å². The van der Waals surface area contributed by atoms with Crippen molar-refractivity contribution in [2.24, 2.45) is 0 Å². The van der Waals surface area contributed by atoms with Gasteiger partial charge in [0, 0.05) is 6.04 Å². The SMILES string of the molecule is Cc1nc2cccc(Cl)c2n1[C@H]1CCCN(C)CC1. The van der Waals surface area contributed by atoms with Crippen molar-refractivity contribution < 1.29 is 0 Å². The average Bonchev–Trinajstić information content (AvgIpc) is 2.56. The minimum Gasteiger partial charge on any atom is -0.324 e. The molecule has 1 aliphatic rings. The first-order valence-corrected chi connectivity index (χ1v) is 7.36. The first kappa shape index (κ1) is 12.9. The molecule has 1 aromatic carbocycles. The number of halogens is 1. The largest absolute Gasteiger partial charge is 0.324 e. The number of rotatable bonds is 1. The number of hydrogen-bond acceptors (Lipinski definition) is 2. The molecule has 2 heterocycles. The van der Waals surface area contributed by atoms with Crippen molar-refractivity contribution in [3.8, 4) is 0 Å². The third-order valence-corrected chi connectivity index (χ3v) is 4.43. The van der Waals surface area contributed by atoms with E-state index in [1.165, 1.54) is 25.8 Å². The molecule has 0 N–H and O–H groups in total. The summed E-state index contributed by atoms with van der Waals surface area (Å²) in [4.78, 5) is 7.08. The summed E-state index contributed by atoms with van der Waals surface area (Å²) < 4.78 is 2.36. The zero-order chi connectivity index (χ0) is 13.4. The molecule has 102 valence electrons. The number of hydrogen-bond donors (Lipinski definition) is 0. The average molecular weight is 278 g/mol. The zero-order valence-corrected chi connectivity index (χ0v) is 12.3. The van der Waals surface area contributed by atoms with Gasteiger partial charge in [-0.05, 0) is 58.5 Å². The molecule has 1 atom stereocenters. The van der Waals surface area contributed by atoms with Gasteiger partial charge in [0.25, 0.3) is 0 Å². The fourth-order valence-electron chi connectivity index (χ4n) is 3.15. The Balaban J connectivity index is 2.06. The van der Waals surface area contributed by atoms with Crippen molar-refractivity contribution in [2.45, 2.75) is 32.2 Å². The number of para-hydroxylation sites is 1. The lowest BCUT2D eigenvalue weighted by Crippen LogP contribution is -2.19. The summed E-state index contributed by atoms with van der Waals surface area (Å²) in [6, 6.07) is 6.51. The molecule has 3 rings (SSSR count). The molecule has 1 saturated heterocycles. The van der Waals surface area contributed by atoms with Crippen molar-refractivity contribution in [1.82, 2.24) is 14.5 Å². The summed E-state index contributed by atoms with van der Waals surface area (Å²) in [5, 5.41) is 0.815. The van der Waals surface area contributed by atoms with Crippen LogP contribution >= 0.6 is 11.6 Å². The highest BCUT2D eigenvalue weighted by Crippen LogP contribution is 2.31. The highest BCUT2D eigenvalue weighted by molar-refractivity contribution is 6.35. The molecule has 0 amide bonds. The van der Waals surface area contributed by atoms with Gasteiger partial charge in [-0.25, -0.2) is 4.98 Å². The van der Waals surface area contributed by atoms with Crippen LogP contribution in [0.3, 0.4) is 0 Å². The Labute approximate surface area is 119 Å². The van der Waals surface area contributed by atoms with Gasteiger partial charge in [-0.15, -0.1) is 0 Å². The number of likely N-dealkylation sites (tertiary alicyclic amines) is 1. The summed E-state index contributed by atoms with van der Waals surface area (Å²) >= 11 is 6.39. The second kappa shape index (κ2) is 5.14. The van der Waals surface area contributed by atoms with Gasteiger partial charge in [-0.3, -0.25) is 0 Å². The molecular weight excluding hydrogens is 258 g/mol. The van der Waals surface area contributed by atoms with Crippen molar-refractivity contribution in [2.75, 3.05) is 20.1 Å². The van der Waals surface area contributed by atoms with Crippen LogP contribution in [0.4, 0.5) is 0 Å². The summed E-state index contributed by atoms with van der Waals surface area (Å²) in [5.74, 6) is 1.08. The Bertz CT molecular complexity index is 590. The number of aryl methyl sites for hydroxylation is 1.